The highest BCUT2D eigenvalue weighted by Crippen LogP contribution is 1.99. The van der Waals surface area contributed by atoms with E-state index < -0.39 is 0 Å². The molecule has 0 saturated heterocycles. The first-order chi connectivity index (χ1) is 4.09. The van der Waals surface area contributed by atoms with Gasteiger partial charge in [-0.1, -0.05) is 0 Å². The molecule has 1 unspecified atom stereocenters. The minimum atomic E-state index is 0.551. The summed E-state index contributed by atoms with van der Waals surface area (Å²) in [5.41, 5.74) is 0. The highest BCUT2D eigenvalue weighted by Gasteiger charge is 2.09. The number of hydrogen-bond donors (Lipinski definition) is 0. The fraction of sp³-hybridized carbons (Fsp3) is 1.00. The third-order valence-electron chi connectivity index (χ3n) is 1.40. The zero-order valence-electron chi connectivity index (χ0n) is 6.76. The lowest BCUT2D eigenvalue weighted by atomic mass is 10.5. The van der Waals surface area contributed by atoms with Crippen LogP contribution in [0.5, 0.6) is 0 Å². The Balaban J connectivity index is 3.68. The second-order valence-electron chi connectivity index (χ2n) is 2.64. The van der Waals surface area contributed by atoms with Crippen LogP contribution in [0.2, 0.25) is 0 Å². The highest BCUT2D eigenvalue weighted by atomic mass is 31.0. The predicted molar refractivity (Wildman–Crippen MR) is 45.7 cm³/mol. The van der Waals surface area contributed by atoms with Gasteiger partial charge in [0.25, 0.3) is 0 Å². The molecule has 0 aromatic rings. The minimum absolute atomic E-state index is 0.551. The topological polar surface area (TPSA) is 6.48 Å². The van der Waals surface area contributed by atoms with Gasteiger partial charge < -0.3 is 0 Å². The van der Waals surface area contributed by atoms with Gasteiger partial charge in [-0.2, -0.15) is 0 Å². The molecule has 56 valence electrons. The summed E-state index contributed by atoms with van der Waals surface area (Å²) in [7, 11) is 11.1. The molecule has 1 atom stereocenters. The van der Waals surface area contributed by atoms with Crippen LogP contribution in [0.1, 0.15) is 0 Å². The van der Waals surface area contributed by atoms with Gasteiger partial charge in [0.05, 0.1) is 6.17 Å². The summed E-state index contributed by atoms with van der Waals surface area (Å²) in [5.74, 6) is 0. The maximum Gasteiger partial charge on any atom is 0.0647 e. The summed E-state index contributed by atoms with van der Waals surface area (Å²) in [6.45, 7) is 0. The van der Waals surface area contributed by atoms with Gasteiger partial charge in [0.15, 0.2) is 0 Å². The number of rotatable bonds is 3. The van der Waals surface area contributed by atoms with Crippen LogP contribution in [-0.4, -0.2) is 50.3 Å². The number of nitrogens with zero attached hydrogens (tertiary/aromatic N) is 2. The molecular formula is C6H17N2P. The van der Waals surface area contributed by atoms with Crippen LogP contribution in [0.4, 0.5) is 0 Å². The zero-order valence-corrected chi connectivity index (χ0v) is 7.91. The molecule has 0 radical (unpaired) electrons. The molecule has 0 saturated carbocycles. The molecule has 0 aromatic carbocycles. The molecule has 0 N–H and O–H groups in total. The summed E-state index contributed by atoms with van der Waals surface area (Å²) < 4.78 is 0. The zero-order chi connectivity index (χ0) is 7.44. The van der Waals surface area contributed by atoms with Crippen molar-refractivity contribution < 1.29 is 0 Å². The summed E-state index contributed by atoms with van der Waals surface area (Å²) in [5, 5.41) is 0. The van der Waals surface area contributed by atoms with Crippen LogP contribution < -0.4 is 0 Å². The molecule has 3 heteroatoms. The van der Waals surface area contributed by atoms with Gasteiger partial charge in [-0.25, -0.2) is 0 Å². The fourth-order valence-electron chi connectivity index (χ4n) is 0.884. The quantitative estimate of drug-likeness (QED) is 0.420. The van der Waals surface area contributed by atoms with E-state index in [1.165, 1.54) is 0 Å². The molecule has 0 aliphatic carbocycles. The smallest absolute Gasteiger partial charge is 0.0647 e. The lowest BCUT2D eigenvalue weighted by Gasteiger charge is -2.28. The third-order valence-corrected chi connectivity index (χ3v) is 1.82. The maximum absolute atomic E-state index is 2.75. The van der Waals surface area contributed by atoms with Gasteiger partial charge in [-0.05, 0) is 34.4 Å². The van der Waals surface area contributed by atoms with E-state index in [1.54, 1.807) is 0 Å². The van der Waals surface area contributed by atoms with E-state index in [1.807, 2.05) is 0 Å². The van der Waals surface area contributed by atoms with Crippen LogP contribution in [0.15, 0.2) is 0 Å². The van der Waals surface area contributed by atoms with Crippen LogP contribution in [-0.2, 0) is 0 Å². The first-order valence-electron chi connectivity index (χ1n) is 3.12. The molecule has 0 fully saturated rings. The van der Waals surface area contributed by atoms with Crippen molar-refractivity contribution >= 4 is 9.24 Å². The Morgan fingerprint density at radius 2 is 1.44 bits per heavy atom. The predicted octanol–water partition coefficient (Wildman–Crippen LogP) is 0.311. The molecule has 0 aromatic heterocycles. The maximum atomic E-state index is 2.75. The molecule has 0 bridgehead atoms. The Morgan fingerprint density at radius 3 is 1.44 bits per heavy atom. The van der Waals surface area contributed by atoms with Crippen molar-refractivity contribution in [2.75, 3.05) is 34.4 Å². The summed E-state index contributed by atoms with van der Waals surface area (Å²) >= 11 is 0. The van der Waals surface area contributed by atoms with Crippen LogP contribution >= 0.6 is 9.24 Å². The molecule has 0 aliphatic heterocycles. The van der Waals surface area contributed by atoms with Crippen LogP contribution in [0.25, 0.3) is 0 Å². The van der Waals surface area contributed by atoms with E-state index in [0.29, 0.717) is 6.17 Å². The van der Waals surface area contributed by atoms with Gasteiger partial charge in [0.2, 0.25) is 0 Å². The average Bonchev–Trinajstić information content (AvgIpc) is 1.64. The summed E-state index contributed by atoms with van der Waals surface area (Å²) in [6, 6.07) is 0. The van der Waals surface area contributed by atoms with Gasteiger partial charge in [0, 0.05) is 0 Å². The van der Waals surface area contributed by atoms with Crippen molar-refractivity contribution in [3.05, 3.63) is 0 Å². The van der Waals surface area contributed by atoms with E-state index in [-0.39, 0.29) is 0 Å². The van der Waals surface area contributed by atoms with Gasteiger partial charge in [-0.3, -0.25) is 9.80 Å². The molecule has 2 nitrogen and oxygen atoms in total. The lowest BCUT2D eigenvalue weighted by molar-refractivity contribution is 0.151. The largest absolute Gasteiger partial charge is 0.294 e. The second kappa shape index (κ2) is 4.21. The van der Waals surface area contributed by atoms with Crippen LogP contribution in [0.3, 0.4) is 0 Å². The van der Waals surface area contributed by atoms with Crippen LogP contribution in [0, 0.1) is 0 Å². The Hall–Kier alpha value is 0.350. The summed E-state index contributed by atoms with van der Waals surface area (Å²) in [6.07, 6.45) is 1.65. The SMILES string of the molecule is CN(C)C(CP)N(C)C. The van der Waals surface area contributed by atoms with E-state index in [0.717, 1.165) is 6.16 Å². The summed E-state index contributed by atoms with van der Waals surface area (Å²) in [4.78, 5) is 4.40. The normalized spacial score (nSPS) is 12.0. The Bertz CT molecular complexity index is 65.5. The molecule has 0 amide bonds. The molecule has 0 rings (SSSR count). The van der Waals surface area contributed by atoms with Gasteiger partial charge >= 0.3 is 0 Å². The lowest BCUT2D eigenvalue weighted by Crippen LogP contribution is -2.41. The minimum Gasteiger partial charge on any atom is -0.294 e. The second-order valence-corrected chi connectivity index (χ2v) is 3.11. The highest BCUT2D eigenvalue weighted by molar-refractivity contribution is 7.16. The van der Waals surface area contributed by atoms with Crippen molar-refractivity contribution in [3.8, 4) is 0 Å². The molecule has 0 spiro atoms. The average molecular weight is 148 g/mol. The molecule has 9 heavy (non-hydrogen) atoms. The van der Waals surface area contributed by atoms with E-state index in [9.17, 15) is 0 Å². The van der Waals surface area contributed by atoms with E-state index in [2.05, 4.69) is 47.2 Å². The monoisotopic (exact) mass is 148 g/mol. The molecular weight excluding hydrogens is 131 g/mol. The number of hydrogen-bond acceptors (Lipinski definition) is 2. The van der Waals surface area contributed by atoms with Gasteiger partial charge in [-0.15, -0.1) is 9.24 Å². The van der Waals surface area contributed by atoms with Gasteiger partial charge in [0.1, 0.15) is 0 Å². The van der Waals surface area contributed by atoms with Crippen molar-refractivity contribution in [1.82, 2.24) is 9.80 Å². The standard InChI is InChI=1S/C6H17N2P/c1-7(2)6(5-9)8(3)4/h6H,5,9H2,1-4H3. The van der Waals surface area contributed by atoms with E-state index in [4.69, 9.17) is 0 Å². The first-order valence-corrected chi connectivity index (χ1v) is 3.94. The Morgan fingerprint density at radius 1 is 1.11 bits per heavy atom. The van der Waals surface area contributed by atoms with Crippen molar-refractivity contribution in [2.24, 2.45) is 0 Å². The first kappa shape index (κ1) is 9.35. The Labute approximate surface area is 60.4 Å². The van der Waals surface area contributed by atoms with Crippen molar-refractivity contribution in [2.45, 2.75) is 6.17 Å². The van der Waals surface area contributed by atoms with Crippen molar-refractivity contribution in [1.29, 1.82) is 0 Å². The molecule has 0 heterocycles. The van der Waals surface area contributed by atoms with Crippen molar-refractivity contribution in [3.63, 3.8) is 0 Å². The Kier molecular flexibility index (Phi) is 4.37. The van der Waals surface area contributed by atoms with E-state index >= 15 is 0 Å². The third kappa shape index (κ3) is 3.14. The molecule has 0 aliphatic rings. The fourth-order valence-corrected chi connectivity index (χ4v) is 1.73.